The lowest BCUT2D eigenvalue weighted by Gasteiger charge is -2.27. The molecule has 0 aromatic heterocycles. The summed E-state index contributed by atoms with van der Waals surface area (Å²) in [5.74, 6) is 0.801. The van der Waals surface area contributed by atoms with Crippen LogP contribution in [0.25, 0.3) is 0 Å². The second kappa shape index (κ2) is 6.68. The van der Waals surface area contributed by atoms with Gasteiger partial charge < -0.3 is 0 Å². The minimum Gasteiger partial charge on any atom is -0.211 e. The topological polar surface area (TPSA) is 46.2 Å². The molecule has 0 saturated heterocycles. The fourth-order valence-corrected chi connectivity index (χ4v) is 3.88. The van der Waals surface area contributed by atoms with Gasteiger partial charge in [-0.05, 0) is 48.9 Å². The predicted molar refractivity (Wildman–Crippen MR) is 77.3 cm³/mol. The molecule has 0 heterocycles. The van der Waals surface area contributed by atoms with Crippen molar-refractivity contribution in [1.82, 2.24) is 4.72 Å². The van der Waals surface area contributed by atoms with Crippen LogP contribution in [-0.2, 0) is 10.0 Å². The van der Waals surface area contributed by atoms with Crippen LogP contribution in [-0.4, -0.2) is 15.0 Å². The molecule has 1 fully saturated rings. The highest BCUT2D eigenvalue weighted by Gasteiger charge is 2.22. The molecule has 1 saturated carbocycles. The maximum absolute atomic E-state index is 12.8. The Morgan fingerprint density at radius 2 is 1.65 bits per heavy atom. The summed E-state index contributed by atoms with van der Waals surface area (Å²) in [6.45, 7) is 2.69. The lowest BCUT2D eigenvalue weighted by molar-refractivity contribution is 0.270. The smallest absolute Gasteiger partial charge is 0.211 e. The molecule has 1 N–H and O–H groups in total. The van der Waals surface area contributed by atoms with Crippen LogP contribution in [0.1, 0.15) is 39.0 Å². The van der Waals surface area contributed by atoms with Crippen LogP contribution in [0, 0.1) is 17.7 Å². The van der Waals surface area contributed by atoms with Crippen LogP contribution in [0.15, 0.2) is 29.2 Å². The summed E-state index contributed by atoms with van der Waals surface area (Å²) in [5.41, 5.74) is 0. The fraction of sp³-hybridized carbons (Fsp3) is 0.600. The maximum atomic E-state index is 12.8. The van der Waals surface area contributed by atoms with Crippen LogP contribution >= 0.6 is 0 Å². The summed E-state index contributed by atoms with van der Waals surface area (Å²) in [4.78, 5) is 0.126. The summed E-state index contributed by atoms with van der Waals surface area (Å²) in [6.07, 6.45) is 5.78. The van der Waals surface area contributed by atoms with Gasteiger partial charge in [0.2, 0.25) is 10.0 Å². The van der Waals surface area contributed by atoms with E-state index in [1.807, 2.05) is 0 Å². The van der Waals surface area contributed by atoms with E-state index in [0.29, 0.717) is 12.5 Å². The first kappa shape index (κ1) is 15.4. The van der Waals surface area contributed by atoms with Gasteiger partial charge in [-0.15, -0.1) is 0 Å². The Morgan fingerprint density at radius 3 is 2.20 bits per heavy atom. The van der Waals surface area contributed by atoms with Gasteiger partial charge in [-0.25, -0.2) is 17.5 Å². The van der Waals surface area contributed by atoms with E-state index in [0.717, 1.165) is 18.8 Å². The Labute approximate surface area is 120 Å². The normalized spacial score (nSPS) is 23.7. The van der Waals surface area contributed by atoms with Gasteiger partial charge in [0.15, 0.2) is 0 Å². The first-order chi connectivity index (χ1) is 9.51. The van der Waals surface area contributed by atoms with Crippen molar-refractivity contribution < 1.29 is 12.8 Å². The van der Waals surface area contributed by atoms with Crippen LogP contribution in [0.5, 0.6) is 0 Å². The second-order valence-corrected chi connectivity index (χ2v) is 7.37. The highest BCUT2D eigenvalue weighted by molar-refractivity contribution is 7.89. The lowest BCUT2D eigenvalue weighted by atomic mass is 9.81. The van der Waals surface area contributed by atoms with Crippen molar-refractivity contribution in [2.24, 2.45) is 11.8 Å². The maximum Gasteiger partial charge on any atom is 0.240 e. The first-order valence-corrected chi connectivity index (χ1v) is 8.75. The second-order valence-electron chi connectivity index (χ2n) is 5.60. The summed E-state index contributed by atoms with van der Waals surface area (Å²) in [6, 6.07) is 4.93. The molecular formula is C15H22FNO2S. The molecule has 0 spiro atoms. The molecule has 1 aliphatic rings. The Hall–Kier alpha value is -0.940. The summed E-state index contributed by atoms with van der Waals surface area (Å²) in [5, 5.41) is 0. The lowest BCUT2D eigenvalue weighted by Crippen LogP contribution is -2.31. The summed E-state index contributed by atoms with van der Waals surface area (Å²) >= 11 is 0. The van der Waals surface area contributed by atoms with E-state index >= 15 is 0 Å². The molecule has 20 heavy (non-hydrogen) atoms. The van der Waals surface area contributed by atoms with Gasteiger partial charge in [0, 0.05) is 6.54 Å². The van der Waals surface area contributed by atoms with Crippen LogP contribution in [0.4, 0.5) is 4.39 Å². The Balaban J connectivity index is 1.88. The van der Waals surface area contributed by atoms with E-state index in [2.05, 4.69) is 11.6 Å². The molecule has 0 radical (unpaired) electrons. The molecule has 112 valence electrons. The molecule has 1 aliphatic carbocycles. The van der Waals surface area contributed by atoms with Crippen molar-refractivity contribution in [1.29, 1.82) is 0 Å². The Morgan fingerprint density at radius 1 is 1.10 bits per heavy atom. The largest absolute Gasteiger partial charge is 0.240 e. The molecule has 1 aromatic rings. The van der Waals surface area contributed by atoms with Crippen LogP contribution in [0.3, 0.4) is 0 Å². The van der Waals surface area contributed by atoms with Gasteiger partial charge in [-0.2, -0.15) is 0 Å². The molecule has 3 nitrogen and oxygen atoms in total. The molecule has 0 aliphatic heterocycles. The van der Waals surface area contributed by atoms with Gasteiger partial charge >= 0.3 is 0 Å². The number of halogens is 1. The number of nitrogens with one attached hydrogen (secondary N) is 1. The average Bonchev–Trinajstić information content (AvgIpc) is 2.46. The minimum atomic E-state index is -3.51. The molecule has 1 aromatic carbocycles. The van der Waals surface area contributed by atoms with Gasteiger partial charge in [-0.1, -0.05) is 26.2 Å². The van der Waals surface area contributed by atoms with E-state index in [1.54, 1.807) is 0 Å². The molecule has 0 atom stereocenters. The van der Waals surface area contributed by atoms with Crippen molar-refractivity contribution in [2.75, 3.05) is 6.54 Å². The Kier molecular flexibility index (Phi) is 5.16. The zero-order chi connectivity index (χ0) is 14.6. The van der Waals surface area contributed by atoms with Gasteiger partial charge in [-0.3, -0.25) is 0 Å². The van der Waals surface area contributed by atoms with E-state index in [4.69, 9.17) is 0 Å². The van der Waals surface area contributed by atoms with E-state index in [1.165, 1.54) is 43.5 Å². The third-order valence-corrected chi connectivity index (χ3v) is 5.67. The molecular weight excluding hydrogens is 277 g/mol. The third kappa shape index (κ3) is 4.03. The molecule has 0 amide bonds. The molecule has 0 unspecified atom stereocenters. The van der Waals surface area contributed by atoms with Crippen molar-refractivity contribution in [3.63, 3.8) is 0 Å². The third-order valence-electron chi connectivity index (χ3n) is 4.23. The average molecular weight is 299 g/mol. The van der Waals surface area contributed by atoms with Crippen LogP contribution in [0.2, 0.25) is 0 Å². The molecule has 2 rings (SSSR count). The van der Waals surface area contributed by atoms with Crippen molar-refractivity contribution >= 4 is 10.0 Å². The summed E-state index contributed by atoms with van der Waals surface area (Å²) < 4.78 is 39.6. The summed E-state index contributed by atoms with van der Waals surface area (Å²) in [7, 11) is -3.51. The zero-order valence-corrected chi connectivity index (χ0v) is 12.6. The zero-order valence-electron chi connectivity index (χ0n) is 11.8. The Bertz CT molecular complexity index is 519. The quantitative estimate of drug-likeness (QED) is 0.906. The van der Waals surface area contributed by atoms with E-state index in [9.17, 15) is 12.8 Å². The number of sulfonamides is 1. The molecule has 5 heteroatoms. The number of hydrogen-bond acceptors (Lipinski definition) is 2. The van der Waals surface area contributed by atoms with Crippen molar-refractivity contribution in [2.45, 2.75) is 43.9 Å². The highest BCUT2D eigenvalue weighted by Crippen LogP contribution is 2.30. The predicted octanol–water partition coefficient (Wildman–Crippen LogP) is 3.32. The number of rotatable bonds is 5. The fourth-order valence-electron chi connectivity index (χ4n) is 2.77. The molecule has 0 bridgehead atoms. The monoisotopic (exact) mass is 299 g/mol. The SMILES string of the molecule is CCC1CCC(CNS(=O)(=O)c2ccc(F)cc2)CC1. The van der Waals surface area contributed by atoms with E-state index < -0.39 is 15.8 Å². The minimum absolute atomic E-state index is 0.126. The van der Waals surface area contributed by atoms with Crippen molar-refractivity contribution in [3.8, 4) is 0 Å². The number of benzene rings is 1. The van der Waals surface area contributed by atoms with Gasteiger partial charge in [0.25, 0.3) is 0 Å². The standard InChI is InChI=1S/C15H22FNO2S/c1-2-12-3-5-13(6-4-12)11-17-20(18,19)15-9-7-14(16)8-10-15/h7-10,12-13,17H,2-6,11H2,1H3. The van der Waals surface area contributed by atoms with Gasteiger partial charge in [0.1, 0.15) is 5.82 Å². The van der Waals surface area contributed by atoms with Gasteiger partial charge in [0.05, 0.1) is 4.90 Å². The van der Waals surface area contributed by atoms with Crippen LogP contribution < -0.4 is 4.72 Å². The van der Waals surface area contributed by atoms with E-state index in [-0.39, 0.29) is 4.90 Å². The van der Waals surface area contributed by atoms with Crippen molar-refractivity contribution in [3.05, 3.63) is 30.1 Å². The highest BCUT2D eigenvalue weighted by atomic mass is 32.2. The first-order valence-electron chi connectivity index (χ1n) is 7.26. The number of hydrogen-bond donors (Lipinski definition) is 1.